The molecule has 2 heterocycles. The van der Waals surface area contributed by atoms with Gasteiger partial charge in [0.15, 0.2) is 0 Å². The zero-order valence-corrected chi connectivity index (χ0v) is 12.1. The van der Waals surface area contributed by atoms with Crippen molar-refractivity contribution >= 4 is 11.6 Å². The van der Waals surface area contributed by atoms with Crippen molar-refractivity contribution in [1.82, 2.24) is 14.7 Å². The fourth-order valence-corrected chi connectivity index (χ4v) is 2.17. The predicted molar refractivity (Wildman–Crippen MR) is 82.3 cm³/mol. The summed E-state index contributed by atoms with van der Waals surface area (Å²) >= 11 is 0. The number of amides is 1. The molecule has 0 saturated heterocycles. The van der Waals surface area contributed by atoms with Gasteiger partial charge in [0, 0.05) is 18.9 Å². The molecular formula is C17H17N3O. The van der Waals surface area contributed by atoms with Gasteiger partial charge >= 0.3 is 0 Å². The van der Waals surface area contributed by atoms with Crippen molar-refractivity contribution in [3.63, 3.8) is 0 Å². The van der Waals surface area contributed by atoms with Gasteiger partial charge < -0.3 is 9.72 Å². The van der Waals surface area contributed by atoms with E-state index in [1.807, 2.05) is 60.8 Å². The van der Waals surface area contributed by atoms with Crippen LogP contribution in [-0.4, -0.2) is 15.3 Å². The lowest BCUT2D eigenvalue weighted by molar-refractivity contribution is 0.0946. The molecule has 0 spiro atoms. The fourth-order valence-electron chi connectivity index (χ4n) is 2.17. The molecule has 4 heteroatoms. The second-order valence-electron chi connectivity index (χ2n) is 5.26. The van der Waals surface area contributed by atoms with Crippen LogP contribution in [0.5, 0.6) is 0 Å². The SMILES string of the molecule is Cc1ccc(CNC(=O)c2cn3ccc(C)cc3n2)cc1. The summed E-state index contributed by atoms with van der Waals surface area (Å²) in [7, 11) is 0. The minimum Gasteiger partial charge on any atom is -0.347 e. The van der Waals surface area contributed by atoms with Gasteiger partial charge in [-0.1, -0.05) is 29.8 Å². The zero-order chi connectivity index (χ0) is 14.8. The number of nitrogens with zero attached hydrogens (tertiary/aromatic N) is 2. The number of imidazole rings is 1. The number of rotatable bonds is 3. The van der Waals surface area contributed by atoms with Crippen LogP contribution < -0.4 is 5.32 Å². The van der Waals surface area contributed by atoms with Crippen molar-refractivity contribution in [3.8, 4) is 0 Å². The molecule has 3 rings (SSSR count). The second-order valence-corrected chi connectivity index (χ2v) is 5.26. The molecule has 0 atom stereocenters. The normalized spacial score (nSPS) is 10.8. The number of nitrogens with one attached hydrogen (secondary N) is 1. The van der Waals surface area contributed by atoms with Gasteiger partial charge in [-0.3, -0.25) is 4.79 Å². The Morgan fingerprint density at radius 2 is 1.90 bits per heavy atom. The van der Waals surface area contributed by atoms with Crippen LogP contribution in [0, 0.1) is 13.8 Å². The van der Waals surface area contributed by atoms with Gasteiger partial charge in [-0.2, -0.15) is 0 Å². The minimum atomic E-state index is -0.156. The van der Waals surface area contributed by atoms with Crippen molar-refractivity contribution in [1.29, 1.82) is 0 Å². The van der Waals surface area contributed by atoms with E-state index in [9.17, 15) is 4.79 Å². The van der Waals surface area contributed by atoms with Gasteiger partial charge in [0.25, 0.3) is 5.91 Å². The molecule has 0 aliphatic heterocycles. The van der Waals surface area contributed by atoms with Crippen LogP contribution in [0.2, 0.25) is 0 Å². The Morgan fingerprint density at radius 3 is 2.67 bits per heavy atom. The Labute approximate surface area is 123 Å². The van der Waals surface area contributed by atoms with Crippen LogP contribution in [0.15, 0.2) is 48.8 Å². The average Bonchev–Trinajstić information content (AvgIpc) is 2.89. The van der Waals surface area contributed by atoms with Crippen molar-refractivity contribution in [3.05, 3.63) is 71.2 Å². The second kappa shape index (κ2) is 5.40. The molecule has 21 heavy (non-hydrogen) atoms. The number of aryl methyl sites for hydroxylation is 2. The maximum atomic E-state index is 12.2. The van der Waals surface area contributed by atoms with E-state index in [0.717, 1.165) is 16.8 Å². The summed E-state index contributed by atoms with van der Waals surface area (Å²) in [4.78, 5) is 16.5. The summed E-state index contributed by atoms with van der Waals surface area (Å²) in [6.45, 7) is 4.55. The van der Waals surface area contributed by atoms with E-state index in [1.54, 1.807) is 6.20 Å². The lowest BCUT2D eigenvalue weighted by atomic mass is 10.1. The Hall–Kier alpha value is -2.62. The minimum absolute atomic E-state index is 0.156. The average molecular weight is 279 g/mol. The maximum Gasteiger partial charge on any atom is 0.271 e. The third kappa shape index (κ3) is 2.94. The molecule has 4 nitrogen and oxygen atoms in total. The molecule has 3 aromatic rings. The highest BCUT2D eigenvalue weighted by molar-refractivity contribution is 5.92. The van der Waals surface area contributed by atoms with E-state index in [0.29, 0.717) is 12.2 Å². The molecule has 0 aliphatic carbocycles. The Kier molecular flexibility index (Phi) is 3.44. The van der Waals surface area contributed by atoms with Gasteiger partial charge in [0.05, 0.1) is 0 Å². The quantitative estimate of drug-likeness (QED) is 0.801. The first-order valence-electron chi connectivity index (χ1n) is 6.91. The summed E-state index contributed by atoms with van der Waals surface area (Å²) in [5.74, 6) is -0.156. The molecule has 1 N–H and O–H groups in total. The van der Waals surface area contributed by atoms with E-state index in [4.69, 9.17) is 0 Å². The molecule has 2 aromatic heterocycles. The number of carbonyl (C=O) groups excluding carboxylic acids is 1. The first-order chi connectivity index (χ1) is 10.1. The van der Waals surface area contributed by atoms with Crippen LogP contribution in [0.1, 0.15) is 27.2 Å². The molecule has 1 aromatic carbocycles. The number of fused-ring (bicyclic) bond motifs is 1. The van der Waals surface area contributed by atoms with E-state index in [-0.39, 0.29) is 5.91 Å². The van der Waals surface area contributed by atoms with Gasteiger partial charge in [-0.15, -0.1) is 0 Å². The van der Waals surface area contributed by atoms with Crippen LogP contribution in [-0.2, 0) is 6.54 Å². The Morgan fingerprint density at radius 1 is 1.14 bits per heavy atom. The lowest BCUT2D eigenvalue weighted by Crippen LogP contribution is -2.23. The number of hydrogen-bond acceptors (Lipinski definition) is 2. The predicted octanol–water partition coefficient (Wildman–Crippen LogP) is 2.88. The summed E-state index contributed by atoms with van der Waals surface area (Å²) in [5.41, 5.74) is 4.64. The van der Waals surface area contributed by atoms with Gasteiger partial charge in [0.2, 0.25) is 0 Å². The number of hydrogen-bond donors (Lipinski definition) is 1. The highest BCUT2D eigenvalue weighted by Gasteiger charge is 2.10. The maximum absolute atomic E-state index is 12.2. The number of pyridine rings is 1. The number of carbonyl (C=O) groups is 1. The van der Waals surface area contributed by atoms with Crippen molar-refractivity contribution < 1.29 is 4.79 Å². The summed E-state index contributed by atoms with van der Waals surface area (Å²) in [6.07, 6.45) is 3.66. The summed E-state index contributed by atoms with van der Waals surface area (Å²) in [6, 6.07) is 12.1. The lowest BCUT2D eigenvalue weighted by Gasteiger charge is -2.03. The molecule has 0 aliphatic rings. The molecule has 0 fully saturated rings. The first kappa shape index (κ1) is 13.4. The van der Waals surface area contributed by atoms with E-state index < -0.39 is 0 Å². The Balaban J connectivity index is 1.73. The molecular weight excluding hydrogens is 262 g/mol. The van der Waals surface area contributed by atoms with Crippen LogP contribution in [0.4, 0.5) is 0 Å². The van der Waals surface area contributed by atoms with Gasteiger partial charge in [-0.05, 0) is 37.1 Å². The van der Waals surface area contributed by atoms with Crippen LogP contribution in [0.3, 0.4) is 0 Å². The van der Waals surface area contributed by atoms with E-state index >= 15 is 0 Å². The molecule has 0 unspecified atom stereocenters. The third-order valence-corrected chi connectivity index (χ3v) is 3.42. The third-order valence-electron chi connectivity index (χ3n) is 3.42. The van der Waals surface area contributed by atoms with Crippen molar-refractivity contribution in [2.45, 2.75) is 20.4 Å². The summed E-state index contributed by atoms with van der Waals surface area (Å²) in [5, 5.41) is 2.90. The monoisotopic (exact) mass is 279 g/mol. The molecule has 1 amide bonds. The highest BCUT2D eigenvalue weighted by Crippen LogP contribution is 2.08. The van der Waals surface area contributed by atoms with Crippen molar-refractivity contribution in [2.24, 2.45) is 0 Å². The van der Waals surface area contributed by atoms with Crippen LogP contribution in [0.25, 0.3) is 5.65 Å². The molecule has 0 bridgehead atoms. The Bertz CT molecular complexity index is 787. The van der Waals surface area contributed by atoms with E-state index in [1.165, 1.54) is 5.56 Å². The number of benzene rings is 1. The van der Waals surface area contributed by atoms with Gasteiger partial charge in [-0.25, -0.2) is 4.98 Å². The standard InChI is InChI=1S/C17H17N3O/c1-12-3-5-14(6-4-12)10-18-17(21)15-11-20-8-7-13(2)9-16(20)19-15/h3-9,11H,10H2,1-2H3,(H,18,21). The first-order valence-corrected chi connectivity index (χ1v) is 6.91. The molecule has 106 valence electrons. The number of aromatic nitrogens is 2. The van der Waals surface area contributed by atoms with Gasteiger partial charge in [0.1, 0.15) is 11.3 Å². The largest absolute Gasteiger partial charge is 0.347 e. The zero-order valence-electron chi connectivity index (χ0n) is 12.1. The van der Waals surface area contributed by atoms with Crippen LogP contribution >= 0.6 is 0 Å². The topological polar surface area (TPSA) is 46.4 Å². The summed E-state index contributed by atoms with van der Waals surface area (Å²) < 4.78 is 1.85. The fraction of sp³-hybridized carbons (Fsp3) is 0.176. The van der Waals surface area contributed by atoms with Crippen molar-refractivity contribution in [2.75, 3.05) is 0 Å². The smallest absolute Gasteiger partial charge is 0.271 e. The van der Waals surface area contributed by atoms with E-state index in [2.05, 4.69) is 10.3 Å². The highest BCUT2D eigenvalue weighted by atomic mass is 16.1. The molecule has 0 saturated carbocycles. The molecule has 0 radical (unpaired) electrons.